The second kappa shape index (κ2) is 6.28. The van der Waals surface area contributed by atoms with Crippen LogP contribution in [0.25, 0.3) is 0 Å². The lowest BCUT2D eigenvalue weighted by Gasteiger charge is -2.49. The third-order valence-electron chi connectivity index (χ3n) is 5.38. The van der Waals surface area contributed by atoms with Gasteiger partial charge in [-0.15, -0.1) is 0 Å². The number of nitrogens with zero attached hydrogens (tertiary/aromatic N) is 1. The molecular weight excluding hydrogens is 280 g/mol. The molecular formula is C18H27ClN2. The molecule has 1 aromatic rings. The van der Waals surface area contributed by atoms with E-state index in [2.05, 4.69) is 42.3 Å². The lowest BCUT2D eigenvalue weighted by Crippen LogP contribution is -2.64. The maximum atomic E-state index is 6.16. The summed E-state index contributed by atoms with van der Waals surface area (Å²) in [6.07, 6.45) is 5.43. The van der Waals surface area contributed by atoms with Crippen LogP contribution in [0.5, 0.6) is 0 Å². The van der Waals surface area contributed by atoms with Crippen LogP contribution in [-0.2, 0) is 6.54 Å². The van der Waals surface area contributed by atoms with Gasteiger partial charge in [0.15, 0.2) is 0 Å². The molecule has 116 valence electrons. The summed E-state index contributed by atoms with van der Waals surface area (Å²) < 4.78 is 0. The predicted molar refractivity (Wildman–Crippen MR) is 89.7 cm³/mol. The van der Waals surface area contributed by atoms with E-state index in [9.17, 15) is 0 Å². The summed E-state index contributed by atoms with van der Waals surface area (Å²) in [5, 5.41) is 4.66. The molecule has 0 bridgehead atoms. The predicted octanol–water partition coefficient (Wildman–Crippen LogP) is 4.08. The monoisotopic (exact) mass is 306 g/mol. The summed E-state index contributed by atoms with van der Waals surface area (Å²) in [4.78, 5) is 2.74. The lowest BCUT2D eigenvalue weighted by molar-refractivity contribution is 0.0261. The molecule has 1 aliphatic heterocycles. The van der Waals surface area contributed by atoms with Crippen molar-refractivity contribution in [3.05, 3.63) is 34.9 Å². The molecule has 1 unspecified atom stereocenters. The smallest absolute Gasteiger partial charge is 0.0409 e. The Balaban J connectivity index is 1.79. The summed E-state index contributed by atoms with van der Waals surface area (Å²) >= 11 is 6.16. The van der Waals surface area contributed by atoms with Gasteiger partial charge in [0.1, 0.15) is 0 Å². The Labute approximate surface area is 133 Å². The quantitative estimate of drug-likeness (QED) is 0.905. The van der Waals surface area contributed by atoms with Crippen molar-refractivity contribution in [3.8, 4) is 0 Å². The van der Waals surface area contributed by atoms with Gasteiger partial charge in [0.25, 0.3) is 0 Å². The molecule has 1 saturated carbocycles. The van der Waals surface area contributed by atoms with Crippen LogP contribution in [0.2, 0.25) is 5.02 Å². The van der Waals surface area contributed by atoms with Gasteiger partial charge in [-0.25, -0.2) is 0 Å². The Bertz CT molecular complexity index is 480. The minimum Gasteiger partial charge on any atom is -0.311 e. The highest BCUT2D eigenvalue weighted by Gasteiger charge is 2.43. The van der Waals surface area contributed by atoms with Crippen molar-refractivity contribution in [2.24, 2.45) is 5.92 Å². The van der Waals surface area contributed by atoms with Crippen molar-refractivity contribution in [1.29, 1.82) is 0 Å². The van der Waals surface area contributed by atoms with E-state index < -0.39 is 0 Å². The number of benzene rings is 1. The molecule has 1 spiro atoms. The average molecular weight is 307 g/mol. The van der Waals surface area contributed by atoms with Crippen LogP contribution in [0, 0.1) is 5.92 Å². The first-order chi connectivity index (χ1) is 10.1. The lowest BCUT2D eigenvalue weighted by atomic mass is 9.88. The van der Waals surface area contributed by atoms with Crippen LogP contribution in [-0.4, -0.2) is 29.6 Å². The maximum absolute atomic E-state index is 6.16. The van der Waals surface area contributed by atoms with Crippen molar-refractivity contribution in [3.63, 3.8) is 0 Å². The van der Waals surface area contributed by atoms with Gasteiger partial charge >= 0.3 is 0 Å². The first-order valence-corrected chi connectivity index (χ1v) is 8.70. The highest BCUT2D eigenvalue weighted by molar-refractivity contribution is 6.30. The normalized spacial score (nSPS) is 25.8. The largest absolute Gasteiger partial charge is 0.311 e. The van der Waals surface area contributed by atoms with Gasteiger partial charge in [-0.3, -0.25) is 4.90 Å². The molecule has 0 radical (unpaired) electrons. The second-order valence-electron chi connectivity index (χ2n) is 7.17. The first-order valence-electron chi connectivity index (χ1n) is 8.32. The number of hydrogen-bond donors (Lipinski definition) is 1. The van der Waals surface area contributed by atoms with E-state index >= 15 is 0 Å². The summed E-state index contributed by atoms with van der Waals surface area (Å²) in [5.74, 6) is 0.686. The number of piperazine rings is 1. The first kappa shape index (κ1) is 15.3. The molecule has 2 fully saturated rings. The van der Waals surface area contributed by atoms with Gasteiger partial charge in [0.2, 0.25) is 0 Å². The molecule has 1 atom stereocenters. The molecule has 3 heteroatoms. The van der Waals surface area contributed by atoms with Crippen LogP contribution < -0.4 is 5.32 Å². The topological polar surface area (TPSA) is 15.3 Å². The van der Waals surface area contributed by atoms with Crippen LogP contribution in [0.15, 0.2) is 24.3 Å². The molecule has 1 heterocycles. The van der Waals surface area contributed by atoms with Crippen LogP contribution in [0.1, 0.15) is 45.1 Å². The van der Waals surface area contributed by atoms with Crippen molar-refractivity contribution in [1.82, 2.24) is 10.2 Å². The van der Waals surface area contributed by atoms with Gasteiger partial charge in [-0.2, -0.15) is 0 Å². The molecule has 1 N–H and O–H groups in total. The molecule has 0 amide bonds. The second-order valence-corrected chi connectivity index (χ2v) is 7.61. The maximum Gasteiger partial charge on any atom is 0.0409 e. The summed E-state index contributed by atoms with van der Waals surface area (Å²) in [6.45, 7) is 7.98. The molecule has 0 aromatic heterocycles. The van der Waals surface area contributed by atoms with E-state index in [1.807, 2.05) is 6.07 Å². The number of hydrogen-bond acceptors (Lipinski definition) is 2. The molecule has 1 aromatic carbocycles. The van der Waals surface area contributed by atoms with Crippen molar-refractivity contribution >= 4 is 11.6 Å². The number of rotatable bonds is 3. The van der Waals surface area contributed by atoms with E-state index in [4.69, 9.17) is 11.6 Å². The zero-order chi connectivity index (χ0) is 14.9. The number of nitrogens with one attached hydrogen (secondary N) is 1. The number of halogens is 1. The minimum absolute atomic E-state index is 0.383. The molecule has 1 saturated heterocycles. The Hall–Kier alpha value is -0.570. The standard InChI is InChI=1S/C18H27ClN2/c1-14(2)17-12-21(11-15-6-5-7-16(19)10-15)18(13-20-17)8-3-4-9-18/h5-7,10,14,17,20H,3-4,8-9,11-13H2,1-2H3. The van der Waals surface area contributed by atoms with E-state index in [0.717, 1.165) is 24.7 Å². The molecule has 21 heavy (non-hydrogen) atoms. The van der Waals surface area contributed by atoms with Crippen molar-refractivity contribution < 1.29 is 0 Å². The van der Waals surface area contributed by atoms with Crippen molar-refractivity contribution in [2.75, 3.05) is 13.1 Å². The van der Waals surface area contributed by atoms with Crippen LogP contribution >= 0.6 is 11.6 Å². The van der Waals surface area contributed by atoms with E-state index in [1.165, 1.54) is 31.2 Å². The van der Waals surface area contributed by atoms with Gasteiger partial charge < -0.3 is 5.32 Å². The third-order valence-corrected chi connectivity index (χ3v) is 5.62. The summed E-state index contributed by atoms with van der Waals surface area (Å²) in [6, 6.07) is 8.97. The fraction of sp³-hybridized carbons (Fsp3) is 0.667. The summed E-state index contributed by atoms with van der Waals surface area (Å²) in [5.41, 5.74) is 1.73. The minimum atomic E-state index is 0.383. The van der Waals surface area contributed by atoms with Gasteiger partial charge in [0, 0.05) is 36.2 Å². The third kappa shape index (κ3) is 3.28. The summed E-state index contributed by atoms with van der Waals surface area (Å²) in [7, 11) is 0. The Kier molecular flexibility index (Phi) is 4.58. The molecule has 2 nitrogen and oxygen atoms in total. The van der Waals surface area contributed by atoms with Gasteiger partial charge in [0.05, 0.1) is 0 Å². The fourth-order valence-corrected chi connectivity index (χ4v) is 4.20. The van der Waals surface area contributed by atoms with Crippen LogP contribution in [0.4, 0.5) is 0 Å². The SMILES string of the molecule is CC(C)C1CN(Cc2cccc(Cl)c2)C2(CCCC2)CN1. The molecule has 1 aliphatic carbocycles. The van der Waals surface area contributed by atoms with Crippen molar-refractivity contribution in [2.45, 2.75) is 57.7 Å². The Morgan fingerprint density at radius 3 is 2.76 bits per heavy atom. The highest BCUT2D eigenvalue weighted by atomic mass is 35.5. The molecule has 3 rings (SSSR count). The van der Waals surface area contributed by atoms with Gasteiger partial charge in [-0.05, 0) is 36.5 Å². The Morgan fingerprint density at radius 1 is 1.33 bits per heavy atom. The highest BCUT2D eigenvalue weighted by Crippen LogP contribution is 2.38. The fourth-order valence-electron chi connectivity index (χ4n) is 3.99. The molecule has 2 aliphatic rings. The van der Waals surface area contributed by atoms with Crippen LogP contribution in [0.3, 0.4) is 0 Å². The van der Waals surface area contributed by atoms with E-state index in [-0.39, 0.29) is 0 Å². The van der Waals surface area contributed by atoms with Gasteiger partial charge in [-0.1, -0.05) is 50.4 Å². The zero-order valence-corrected chi connectivity index (χ0v) is 14.0. The average Bonchev–Trinajstić information content (AvgIpc) is 2.91. The zero-order valence-electron chi connectivity index (χ0n) is 13.2. The van der Waals surface area contributed by atoms with E-state index in [0.29, 0.717) is 17.5 Å². The van der Waals surface area contributed by atoms with E-state index in [1.54, 1.807) is 0 Å². The Morgan fingerprint density at radius 2 is 2.10 bits per heavy atom.